The molecule has 1 amide bonds. The second-order valence-corrected chi connectivity index (χ2v) is 5.55. The lowest BCUT2D eigenvalue weighted by molar-refractivity contribution is -0.130. The first-order valence-electron chi connectivity index (χ1n) is 7.20. The van der Waals surface area contributed by atoms with Crippen LogP contribution in [0.4, 0.5) is 0 Å². The molecule has 106 valence electrons. The van der Waals surface area contributed by atoms with Crippen molar-refractivity contribution in [3.63, 3.8) is 0 Å². The molecule has 1 aliphatic heterocycles. The fraction of sp³-hybridized carbons (Fsp3) is 0.929. The van der Waals surface area contributed by atoms with E-state index in [9.17, 15) is 4.79 Å². The fourth-order valence-electron chi connectivity index (χ4n) is 2.29. The molecule has 2 unspecified atom stereocenters. The molecule has 1 aliphatic rings. The Morgan fingerprint density at radius 2 is 2.17 bits per heavy atom. The van der Waals surface area contributed by atoms with Crippen LogP contribution in [-0.2, 0) is 9.53 Å². The largest absolute Gasteiger partial charge is 0.381 e. The number of carbonyl (C=O) groups is 1. The van der Waals surface area contributed by atoms with Crippen molar-refractivity contribution in [1.82, 2.24) is 10.2 Å². The molecule has 2 atom stereocenters. The minimum Gasteiger partial charge on any atom is -0.381 e. The number of hydrogen-bond donors (Lipinski definition) is 1. The number of carbonyl (C=O) groups excluding carboxylic acids is 1. The van der Waals surface area contributed by atoms with Crippen molar-refractivity contribution in [2.24, 2.45) is 5.92 Å². The summed E-state index contributed by atoms with van der Waals surface area (Å²) in [7, 11) is 0. The van der Waals surface area contributed by atoms with E-state index in [1.807, 2.05) is 11.8 Å². The molecule has 0 radical (unpaired) electrons. The van der Waals surface area contributed by atoms with Crippen LogP contribution in [0.1, 0.15) is 47.0 Å². The molecule has 4 heteroatoms. The van der Waals surface area contributed by atoms with E-state index >= 15 is 0 Å². The Morgan fingerprint density at radius 3 is 2.78 bits per heavy atom. The average Bonchev–Trinajstić information content (AvgIpc) is 2.56. The highest BCUT2D eigenvalue weighted by Gasteiger charge is 2.34. The molecule has 1 heterocycles. The van der Waals surface area contributed by atoms with Crippen molar-refractivity contribution in [2.45, 2.75) is 59.2 Å². The van der Waals surface area contributed by atoms with Gasteiger partial charge >= 0.3 is 0 Å². The first-order valence-corrected chi connectivity index (χ1v) is 7.20. The van der Waals surface area contributed by atoms with Gasteiger partial charge in [-0.1, -0.05) is 27.2 Å². The highest BCUT2D eigenvalue weighted by Crippen LogP contribution is 2.15. The minimum absolute atomic E-state index is 0.0295. The molecule has 0 bridgehead atoms. The summed E-state index contributed by atoms with van der Waals surface area (Å²) < 4.78 is 5.55. The van der Waals surface area contributed by atoms with Crippen LogP contribution in [0, 0.1) is 5.92 Å². The molecule has 0 aromatic heterocycles. The second kappa shape index (κ2) is 7.74. The highest BCUT2D eigenvalue weighted by atomic mass is 16.5. The first-order chi connectivity index (χ1) is 8.56. The van der Waals surface area contributed by atoms with Crippen molar-refractivity contribution in [1.29, 1.82) is 0 Å². The Hall–Kier alpha value is -0.610. The smallest absolute Gasteiger partial charge is 0.240 e. The number of amides is 1. The monoisotopic (exact) mass is 256 g/mol. The van der Waals surface area contributed by atoms with Crippen LogP contribution in [0.2, 0.25) is 0 Å². The lowest BCUT2D eigenvalue weighted by Gasteiger charge is -2.23. The molecule has 18 heavy (non-hydrogen) atoms. The molecule has 0 aromatic rings. The van der Waals surface area contributed by atoms with Crippen LogP contribution in [0.3, 0.4) is 0 Å². The third-order valence-corrected chi connectivity index (χ3v) is 3.17. The Bertz CT molecular complexity index is 256. The number of hydrogen-bond acceptors (Lipinski definition) is 3. The summed E-state index contributed by atoms with van der Waals surface area (Å²) >= 11 is 0. The molecule has 1 fully saturated rings. The van der Waals surface area contributed by atoms with E-state index in [0.29, 0.717) is 5.92 Å². The summed E-state index contributed by atoms with van der Waals surface area (Å²) in [6, 6.07) is -0.0295. The third-order valence-electron chi connectivity index (χ3n) is 3.17. The van der Waals surface area contributed by atoms with Gasteiger partial charge in [-0.15, -0.1) is 0 Å². The maximum atomic E-state index is 12.0. The summed E-state index contributed by atoms with van der Waals surface area (Å²) in [5, 5.41) is 3.35. The van der Waals surface area contributed by atoms with Gasteiger partial charge in [-0.25, -0.2) is 0 Å². The van der Waals surface area contributed by atoms with Gasteiger partial charge in [0, 0.05) is 19.8 Å². The molecule has 0 spiro atoms. The summed E-state index contributed by atoms with van der Waals surface area (Å²) in [6.07, 6.45) is 3.27. The zero-order valence-electron chi connectivity index (χ0n) is 12.2. The Balaban J connectivity index is 2.27. The minimum atomic E-state index is -0.0295. The summed E-state index contributed by atoms with van der Waals surface area (Å²) in [6.45, 7) is 10.7. The van der Waals surface area contributed by atoms with Crippen LogP contribution < -0.4 is 5.32 Å². The molecule has 1 saturated heterocycles. The van der Waals surface area contributed by atoms with Gasteiger partial charge in [0.05, 0.1) is 12.2 Å². The molecule has 4 nitrogen and oxygen atoms in total. The maximum absolute atomic E-state index is 12.0. The van der Waals surface area contributed by atoms with Crippen LogP contribution in [0.5, 0.6) is 0 Å². The van der Waals surface area contributed by atoms with Crippen LogP contribution in [0.25, 0.3) is 0 Å². The maximum Gasteiger partial charge on any atom is 0.240 e. The third kappa shape index (κ3) is 4.58. The highest BCUT2D eigenvalue weighted by molar-refractivity contribution is 5.83. The summed E-state index contributed by atoms with van der Waals surface area (Å²) in [5.41, 5.74) is 0. The Labute approximate surface area is 111 Å². The van der Waals surface area contributed by atoms with Crippen molar-refractivity contribution in [3.05, 3.63) is 0 Å². The lowest BCUT2D eigenvalue weighted by Crippen LogP contribution is -2.38. The lowest BCUT2D eigenvalue weighted by atomic mass is 10.2. The van der Waals surface area contributed by atoms with E-state index in [-0.39, 0.29) is 18.1 Å². The van der Waals surface area contributed by atoms with E-state index in [1.54, 1.807) is 0 Å². The van der Waals surface area contributed by atoms with Crippen molar-refractivity contribution >= 4 is 5.91 Å². The first kappa shape index (κ1) is 15.4. The van der Waals surface area contributed by atoms with Gasteiger partial charge < -0.3 is 9.64 Å². The Kier molecular flexibility index (Phi) is 6.65. The van der Waals surface area contributed by atoms with Crippen molar-refractivity contribution in [3.8, 4) is 0 Å². The quantitative estimate of drug-likeness (QED) is 0.675. The molecule has 0 saturated carbocycles. The number of ether oxygens (including phenoxy) is 1. The van der Waals surface area contributed by atoms with Gasteiger partial charge in [0.1, 0.15) is 0 Å². The molecular formula is C14H28N2O2. The Morgan fingerprint density at radius 1 is 1.44 bits per heavy atom. The molecule has 0 aliphatic carbocycles. The van der Waals surface area contributed by atoms with Gasteiger partial charge in [0.15, 0.2) is 0 Å². The van der Waals surface area contributed by atoms with E-state index in [2.05, 4.69) is 26.1 Å². The molecule has 0 aromatic carbocycles. The SMILES string of the molecule is CCCC1NC(C)C(=O)N1CCCOCC(C)C. The zero-order valence-corrected chi connectivity index (χ0v) is 12.2. The predicted octanol–water partition coefficient (Wildman–Crippen LogP) is 2.00. The van der Waals surface area contributed by atoms with Crippen molar-refractivity contribution in [2.75, 3.05) is 19.8 Å². The molecule has 1 N–H and O–H groups in total. The van der Waals surface area contributed by atoms with Gasteiger partial charge in [-0.3, -0.25) is 10.1 Å². The fourth-order valence-corrected chi connectivity index (χ4v) is 2.29. The van der Waals surface area contributed by atoms with Gasteiger partial charge in [-0.2, -0.15) is 0 Å². The average molecular weight is 256 g/mol. The van der Waals surface area contributed by atoms with Gasteiger partial charge in [0.25, 0.3) is 0 Å². The van der Waals surface area contributed by atoms with Gasteiger partial charge in [-0.05, 0) is 25.7 Å². The van der Waals surface area contributed by atoms with E-state index in [4.69, 9.17) is 4.74 Å². The van der Waals surface area contributed by atoms with E-state index in [0.717, 1.165) is 39.0 Å². The topological polar surface area (TPSA) is 41.6 Å². The molecular weight excluding hydrogens is 228 g/mol. The second-order valence-electron chi connectivity index (χ2n) is 5.55. The van der Waals surface area contributed by atoms with E-state index < -0.39 is 0 Å². The van der Waals surface area contributed by atoms with Crippen molar-refractivity contribution < 1.29 is 9.53 Å². The van der Waals surface area contributed by atoms with E-state index in [1.165, 1.54) is 0 Å². The predicted molar refractivity (Wildman–Crippen MR) is 73.3 cm³/mol. The summed E-state index contributed by atoms with van der Waals surface area (Å²) in [5.74, 6) is 0.810. The number of rotatable bonds is 8. The van der Waals surface area contributed by atoms with Crippen LogP contribution in [0.15, 0.2) is 0 Å². The van der Waals surface area contributed by atoms with Crippen LogP contribution in [-0.4, -0.2) is 42.8 Å². The number of nitrogens with zero attached hydrogens (tertiary/aromatic N) is 1. The van der Waals surface area contributed by atoms with Gasteiger partial charge in [0.2, 0.25) is 5.91 Å². The molecule has 1 rings (SSSR count). The number of nitrogens with one attached hydrogen (secondary N) is 1. The standard InChI is InChI=1S/C14H28N2O2/c1-5-7-13-15-12(4)14(17)16(13)8-6-9-18-10-11(2)3/h11-13,15H,5-10H2,1-4H3. The normalized spacial score (nSPS) is 24.3. The summed E-state index contributed by atoms with van der Waals surface area (Å²) in [4.78, 5) is 14.0. The zero-order chi connectivity index (χ0) is 13.5. The van der Waals surface area contributed by atoms with Crippen LogP contribution >= 0.6 is 0 Å².